The molecular formula is C21H17ClFNO6. The second-order valence-electron chi connectivity index (χ2n) is 5.97. The van der Waals surface area contributed by atoms with Crippen molar-refractivity contribution in [2.24, 2.45) is 4.99 Å². The zero-order valence-electron chi connectivity index (χ0n) is 16.1. The van der Waals surface area contributed by atoms with E-state index in [1.807, 2.05) is 0 Å². The van der Waals surface area contributed by atoms with E-state index in [2.05, 4.69) is 4.99 Å². The van der Waals surface area contributed by atoms with Gasteiger partial charge in [-0.15, -0.1) is 0 Å². The van der Waals surface area contributed by atoms with Gasteiger partial charge >= 0.3 is 11.9 Å². The number of nitrogens with zero attached hydrogens (tertiary/aromatic N) is 1. The van der Waals surface area contributed by atoms with Gasteiger partial charge in [0.25, 0.3) is 0 Å². The van der Waals surface area contributed by atoms with Crippen molar-refractivity contribution in [3.05, 3.63) is 64.1 Å². The highest BCUT2D eigenvalue weighted by atomic mass is 35.5. The molecule has 2 aromatic carbocycles. The van der Waals surface area contributed by atoms with Crippen molar-refractivity contribution in [3.8, 4) is 11.5 Å². The summed E-state index contributed by atoms with van der Waals surface area (Å²) >= 11 is 6.26. The van der Waals surface area contributed by atoms with E-state index < -0.39 is 17.8 Å². The lowest BCUT2D eigenvalue weighted by Crippen LogP contribution is -2.15. The van der Waals surface area contributed by atoms with Crippen molar-refractivity contribution in [2.45, 2.75) is 6.92 Å². The number of hydrogen-bond acceptors (Lipinski definition) is 7. The van der Waals surface area contributed by atoms with Crippen molar-refractivity contribution in [2.75, 3.05) is 20.3 Å². The molecule has 156 valence electrons. The molecule has 0 unspecified atom stereocenters. The number of rotatable bonds is 7. The normalized spacial score (nSPS) is 14.3. The molecule has 30 heavy (non-hydrogen) atoms. The van der Waals surface area contributed by atoms with E-state index in [1.165, 1.54) is 37.5 Å². The monoisotopic (exact) mass is 433 g/mol. The Balaban J connectivity index is 1.87. The Morgan fingerprint density at radius 3 is 2.80 bits per heavy atom. The number of carbonyl (C=O) groups is 2. The lowest BCUT2D eigenvalue weighted by molar-refractivity contribution is -0.145. The van der Waals surface area contributed by atoms with Gasteiger partial charge in [0, 0.05) is 5.56 Å². The fourth-order valence-electron chi connectivity index (χ4n) is 2.61. The first kappa shape index (κ1) is 21.3. The molecule has 0 spiro atoms. The fourth-order valence-corrected chi connectivity index (χ4v) is 2.88. The average Bonchev–Trinajstić information content (AvgIpc) is 3.07. The Hall–Kier alpha value is -3.39. The number of methoxy groups -OCH3 is 1. The predicted octanol–water partition coefficient (Wildman–Crippen LogP) is 3.77. The molecule has 0 fully saturated rings. The summed E-state index contributed by atoms with van der Waals surface area (Å²) in [7, 11) is 1.41. The van der Waals surface area contributed by atoms with Gasteiger partial charge in [-0.1, -0.05) is 17.7 Å². The molecule has 0 aliphatic carbocycles. The topological polar surface area (TPSA) is 83.4 Å². The summed E-state index contributed by atoms with van der Waals surface area (Å²) in [6, 6.07) is 8.63. The van der Waals surface area contributed by atoms with Gasteiger partial charge in [-0.3, -0.25) is 0 Å². The summed E-state index contributed by atoms with van der Waals surface area (Å²) in [5.74, 6) is -1.30. The number of aliphatic imine (C=N–C) groups is 1. The summed E-state index contributed by atoms with van der Waals surface area (Å²) in [5, 5.41) is 0.159. The summed E-state index contributed by atoms with van der Waals surface area (Å²) in [4.78, 5) is 27.8. The number of ether oxygens (including phenoxy) is 4. The molecular weight excluding hydrogens is 417 g/mol. The van der Waals surface area contributed by atoms with E-state index >= 15 is 0 Å². The van der Waals surface area contributed by atoms with Gasteiger partial charge in [0.15, 0.2) is 23.8 Å². The predicted molar refractivity (Wildman–Crippen MR) is 107 cm³/mol. The summed E-state index contributed by atoms with van der Waals surface area (Å²) < 4.78 is 34.0. The third kappa shape index (κ3) is 4.96. The highest BCUT2D eigenvalue weighted by molar-refractivity contribution is 6.32. The van der Waals surface area contributed by atoms with E-state index in [-0.39, 0.29) is 41.3 Å². The fraction of sp³-hybridized carbons (Fsp3) is 0.190. The Kier molecular flexibility index (Phi) is 6.68. The van der Waals surface area contributed by atoms with Crippen molar-refractivity contribution in [3.63, 3.8) is 0 Å². The van der Waals surface area contributed by atoms with E-state index in [4.69, 9.17) is 30.5 Å². The standard InChI is InChI=1S/C21H17ClFNO6/c1-3-28-18(25)11-29-19-15(22)7-12(9-17(19)27-2)8-16-21(26)30-20(24-16)13-5-4-6-14(23)10-13/h4-10H,3,11H2,1-2H3. The molecule has 0 amide bonds. The van der Waals surface area contributed by atoms with Crippen LogP contribution in [0, 0.1) is 5.82 Å². The minimum atomic E-state index is -0.688. The van der Waals surface area contributed by atoms with Crippen molar-refractivity contribution in [1.82, 2.24) is 0 Å². The van der Waals surface area contributed by atoms with Gasteiger partial charge in [-0.2, -0.15) is 0 Å². The van der Waals surface area contributed by atoms with Crippen LogP contribution in [0.15, 0.2) is 47.1 Å². The average molecular weight is 434 g/mol. The smallest absolute Gasteiger partial charge is 0.363 e. The zero-order valence-corrected chi connectivity index (χ0v) is 16.9. The van der Waals surface area contributed by atoms with Gasteiger partial charge in [-0.25, -0.2) is 19.0 Å². The Bertz CT molecular complexity index is 1050. The Morgan fingerprint density at radius 2 is 2.10 bits per heavy atom. The zero-order chi connectivity index (χ0) is 21.7. The van der Waals surface area contributed by atoms with Crippen LogP contribution in [0.2, 0.25) is 5.02 Å². The third-order valence-electron chi connectivity index (χ3n) is 3.89. The van der Waals surface area contributed by atoms with Crippen LogP contribution < -0.4 is 9.47 Å². The summed E-state index contributed by atoms with van der Waals surface area (Å²) in [6.07, 6.45) is 1.44. The highest BCUT2D eigenvalue weighted by Gasteiger charge is 2.25. The molecule has 7 nitrogen and oxygen atoms in total. The van der Waals surface area contributed by atoms with Gasteiger partial charge in [-0.05, 0) is 48.9 Å². The minimum Gasteiger partial charge on any atom is -0.493 e. The number of halogens is 2. The molecule has 1 aliphatic heterocycles. The van der Waals surface area contributed by atoms with Crippen molar-refractivity contribution in [1.29, 1.82) is 0 Å². The number of carbonyl (C=O) groups excluding carboxylic acids is 2. The van der Waals surface area contributed by atoms with Gasteiger partial charge in [0.05, 0.1) is 18.7 Å². The van der Waals surface area contributed by atoms with Crippen LogP contribution in [-0.2, 0) is 19.1 Å². The van der Waals surface area contributed by atoms with Gasteiger partial charge in [0.1, 0.15) is 5.82 Å². The number of benzene rings is 2. The van der Waals surface area contributed by atoms with E-state index in [0.717, 1.165) is 0 Å². The summed E-state index contributed by atoms with van der Waals surface area (Å²) in [5.41, 5.74) is 0.828. The summed E-state index contributed by atoms with van der Waals surface area (Å²) in [6.45, 7) is 1.58. The SMILES string of the molecule is CCOC(=O)COc1c(Cl)cc(C=C2N=C(c3cccc(F)c3)OC2=O)cc1OC. The molecule has 0 bridgehead atoms. The van der Waals surface area contributed by atoms with Crippen LogP contribution in [-0.4, -0.2) is 38.2 Å². The second-order valence-corrected chi connectivity index (χ2v) is 6.38. The van der Waals surface area contributed by atoms with Crippen LogP contribution in [0.4, 0.5) is 4.39 Å². The van der Waals surface area contributed by atoms with Crippen LogP contribution in [0.1, 0.15) is 18.1 Å². The molecule has 0 radical (unpaired) electrons. The molecule has 0 N–H and O–H groups in total. The van der Waals surface area contributed by atoms with Crippen LogP contribution in [0.25, 0.3) is 6.08 Å². The molecule has 3 rings (SSSR count). The molecule has 0 saturated carbocycles. The molecule has 1 heterocycles. The Labute approximate surface area is 176 Å². The molecule has 1 aliphatic rings. The van der Waals surface area contributed by atoms with Gasteiger partial charge < -0.3 is 18.9 Å². The van der Waals surface area contributed by atoms with E-state index in [9.17, 15) is 14.0 Å². The number of cyclic esters (lactones) is 1. The van der Waals surface area contributed by atoms with Crippen molar-refractivity contribution < 1.29 is 32.9 Å². The lowest BCUT2D eigenvalue weighted by Gasteiger charge is -2.12. The minimum absolute atomic E-state index is 0.00166. The molecule has 0 saturated heterocycles. The van der Waals surface area contributed by atoms with Gasteiger partial charge in [0.2, 0.25) is 5.90 Å². The van der Waals surface area contributed by atoms with Crippen LogP contribution >= 0.6 is 11.6 Å². The first-order valence-corrected chi connectivity index (χ1v) is 9.23. The first-order chi connectivity index (χ1) is 14.4. The lowest BCUT2D eigenvalue weighted by atomic mass is 10.1. The molecule has 0 aromatic heterocycles. The maximum absolute atomic E-state index is 13.4. The van der Waals surface area contributed by atoms with Crippen molar-refractivity contribution >= 4 is 35.5 Å². The largest absolute Gasteiger partial charge is 0.493 e. The van der Waals surface area contributed by atoms with Crippen LogP contribution in [0.5, 0.6) is 11.5 Å². The molecule has 9 heteroatoms. The quantitative estimate of drug-likeness (QED) is 0.488. The van der Waals surface area contributed by atoms with E-state index in [1.54, 1.807) is 19.1 Å². The molecule has 0 atom stereocenters. The second kappa shape index (κ2) is 9.41. The highest BCUT2D eigenvalue weighted by Crippen LogP contribution is 2.37. The van der Waals surface area contributed by atoms with Crippen LogP contribution in [0.3, 0.4) is 0 Å². The molecule has 2 aromatic rings. The van der Waals surface area contributed by atoms with E-state index in [0.29, 0.717) is 11.1 Å². The number of hydrogen-bond donors (Lipinski definition) is 0. The maximum atomic E-state index is 13.4. The maximum Gasteiger partial charge on any atom is 0.363 e. The first-order valence-electron chi connectivity index (χ1n) is 8.85. The number of esters is 2. The Morgan fingerprint density at radius 1 is 1.30 bits per heavy atom. The third-order valence-corrected chi connectivity index (χ3v) is 4.17.